The maximum Gasteiger partial charge on any atom is 0.235 e. The van der Waals surface area contributed by atoms with E-state index in [4.69, 9.17) is 13.9 Å². The molecule has 0 atom stereocenters. The van der Waals surface area contributed by atoms with Crippen molar-refractivity contribution in [3.63, 3.8) is 0 Å². The summed E-state index contributed by atoms with van der Waals surface area (Å²) in [5.74, 6) is 1.73. The molecule has 0 amide bonds. The van der Waals surface area contributed by atoms with Gasteiger partial charge in [0.2, 0.25) is 11.2 Å². The summed E-state index contributed by atoms with van der Waals surface area (Å²) >= 11 is 0. The molecule has 0 spiro atoms. The summed E-state index contributed by atoms with van der Waals surface area (Å²) in [7, 11) is 0. The third-order valence-electron chi connectivity index (χ3n) is 3.84. The average Bonchev–Trinajstić information content (AvgIpc) is 2.62. The fourth-order valence-electron chi connectivity index (χ4n) is 2.58. The van der Waals surface area contributed by atoms with Crippen LogP contribution in [-0.2, 0) is 0 Å². The van der Waals surface area contributed by atoms with Crippen molar-refractivity contribution < 1.29 is 13.9 Å². The summed E-state index contributed by atoms with van der Waals surface area (Å²) in [4.78, 5) is 12.7. The number of hydrogen-bond acceptors (Lipinski definition) is 4. The second-order valence-corrected chi connectivity index (χ2v) is 5.98. The monoisotopic (exact) mass is 336 g/mol. The molecule has 3 aromatic rings. The van der Waals surface area contributed by atoms with E-state index in [1.54, 1.807) is 24.3 Å². The molecule has 128 valence electrons. The lowest BCUT2D eigenvalue weighted by Crippen LogP contribution is -2.06. The van der Waals surface area contributed by atoms with Gasteiger partial charge < -0.3 is 13.9 Å². The predicted octanol–water partition coefficient (Wildman–Crippen LogP) is 5.27. The second-order valence-electron chi connectivity index (χ2n) is 5.98. The first-order chi connectivity index (χ1) is 12.1. The number of hydrogen-bond donors (Lipinski definition) is 0. The van der Waals surface area contributed by atoms with Gasteiger partial charge >= 0.3 is 0 Å². The second kappa shape index (κ2) is 7.26. The summed E-state index contributed by atoms with van der Waals surface area (Å²) in [5.41, 5.74) is 1.28. The van der Waals surface area contributed by atoms with Crippen LogP contribution in [0, 0.1) is 0 Å². The van der Waals surface area contributed by atoms with Crippen LogP contribution in [0.15, 0.2) is 70.6 Å². The van der Waals surface area contributed by atoms with Gasteiger partial charge in [0.25, 0.3) is 0 Å². The number of para-hydroxylation sites is 1. The van der Waals surface area contributed by atoms with E-state index < -0.39 is 0 Å². The van der Waals surface area contributed by atoms with Crippen molar-refractivity contribution >= 4 is 11.0 Å². The van der Waals surface area contributed by atoms with E-state index in [9.17, 15) is 4.79 Å². The van der Waals surface area contributed by atoms with Crippen molar-refractivity contribution in [2.75, 3.05) is 6.61 Å². The van der Waals surface area contributed by atoms with Crippen LogP contribution in [0.3, 0.4) is 0 Å². The highest BCUT2D eigenvalue weighted by Gasteiger charge is 2.13. The quantitative estimate of drug-likeness (QED) is 0.575. The molecule has 1 aromatic heterocycles. The smallest absolute Gasteiger partial charge is 0.235 e. The highest BCUT2D eigenvalue weighted by molar-refractivity contribution is 5.79. The Bertz CT molecular complexity index is 954. The van der Waals surface area contributed by atoms with E-state index in [-0.39, 0.29) is 17.1 Å². The van der Waals surface area contributed by atoms with E-state index in [2.05, 4.69) is 20.4 Å². The molecule has 1 heterocycles. The van der Waals surface area contributed by atoms with Crippen molar-refractivity contribution in [3.05, 3.63) is 77.2 Å². The van der Waals surface area contributed by atoms with Crippen LogP contribution in [0.5, 0.6) is 17.2 Å². The Balaban J connectivity index is 1.97. The zero-order valence-electron chi connectivity index (χ0n) is 14.3. The zero-order chi connectivity index (χ0) is 17.8. The molecule has 3 rings (SSSR count). The molecule has 0 aliphatic rings. The van der Waals surface area contributed by atoms with Crippen LogP contribution in [-0.4, -0.2) is 6.61 Å². The van der Waals surface area contributed by atoms with E-state index >= 15 is 0 Å². The first-order valence-corrected chi connectivity index (χ1v) is 8.16. The standard InChI is InChI=1S/C21H20O4/c1-4-11-23-15-9-10-17-19(12-15)24-13-20(21(17)22)25-18-8-6-5-7-16(18)14(2)3/h4-10,12-14H,1,11H2,2-3H3. The lowest BCUT2D eigenvalue weighted by atomic mass is 10.0. The molecule has 0 bridgehead atoms. The van der Waals surface area contributed by atoms with Crippen LogP contribution in [0.2, 0.25) is 0 Å². The van der Waals surface area contributed by atoms with Gasteiger partial charge in [0.15, 0.2) is 0 Å². The van der Waals surface area contributed by atoms with Gasteiger partial charge in [-0.3, -0.25) is 4.79 Å². The molecule has 0 saturated heterocycles. The Morgan fingerprint density at radius 2 is 1.96 bits per heavy atom. The summed E-state index contributed by atoms with van der Waals surface area (Å²) in [5, 5.41) is 0.450. The van der Waals surface area contributed by atoms with Gasteiger partial charge in [0.05, 0.1) is 5.39 Å². The summed E-state index contributed by atoms with van der Waals surface area (Å²) in [6.07, 6.45) is 3.00. The molecule has 0 N–H and O–H groups in total. The van der Waals surface area contributed by atoms with Gasteiger partial charge in [-0.25, -0.2) is 0 Å². The molecular formula is C21H20O4. The number of benzene rings is 2. The van der Waals surface area contributed by atoms with Gasteiger partial charge in [-0.1, -0.05) is 44.7 Å². The van der Waals surface area contributed by atoms with Crippen LogP contribution in [0.1, 0.15) is 25.3 Å². The Kier molecular flexibility index (Phi) is 4.89. The van der Waals surface area contributed by atoms with Gasteiger partial charge in [-0.15, -0.1) is 0 Å². The van der Waals surface area contributed by atoms with Crippen molar-refractivity contribution in [2.45, 2.75) is 19.8 Å². The summed E-state index contributed by atoms with van der Waals surface area (Å²) in [6.45, 7) is 8.16. The van der Waals surface area contributed by atoms with Crippen LogP contribution >= 0.6 is 0 Å². The molecule has 0 saturated carbocycles. The highest BCUT2D eigenvalue weighted by Crippen LogP contribution is 2.30. The largest absolute Gasteiger partial charge is 0.489 e. The first kappa shape index (κ1) is 16.8. The Labute approximate surface area is 146 Å². The normalized spacial score (nSPS) is 10.8. The van der Waals surface area contributed by atoms with Crippen LogP contribution < -0.4 is 14.9 Å². The molecule has 0 aliphatic heterocycles. The lowest BCUT2D eigenvalue weighted by Gasteiger charge is -2.13. The lowest BCUT2D eigenvalue weighted by molar-refractivity contribution is 0.363. The highest BCUT2D eigenvalue weighted by atomic mass is 16.5. The molecule has 4 nitrogen and oxygen atoms in total. The Morgan fingerprint density at radius 3 is 2.72 bits per heavy atom. The molecule has 0 fully saturated rings. The van der Waals surface area contributed by atoms with Crippen molar-refractivity contribution in [1.29, 1.82) is 0 Å². The van der Waals surface area contributed by atoms with Crippen LogP contribution in [0.25, 0.3) is 11.0 Å². The molecule has 25 heavy (non-hydrogen) atoms. The minimum absolute atomic E-state index is 0.167. The minimum atomic E-state index is -0.213. The molecule has 2 aromatic carbocycles. The Morgan fingerprint density at radius 1 is 1.16 bits per heavy atom. The summed E-state index contributed by atoms with van der Waals surface area (Å²) in [6, 6.07) is 12.8. The molecule has 0 aliphatic carbocycles. The number of ether oxygens (including phenoxy) is 2. The average molecular weight is 336 g/mol. The molecule has 4 heteroatoms. The molecule has 0 unspecified atom stereocenters. The fourth-order valence-corrected chi connectivity index (χ4v) is 2.58. The number of rotatable bonds is 6. The topological polar surface area (TPSA) is 48.7 Å². The van der Waals surface area contributed by atoms with E-state index in [0.29, 0.717) is 29.1 Å². The van der Waals surface area contributed by atoms with Gasteiger partial charge in [-0.2, -0.15) is 0 Å². The third-order valence-corrected chi connectivity index (χ3v) is 3.84. The van der Waals surface area contributed by atoms with Gasteiger partial charge in [0, 0.05) is 6.07 Å². The van der Waals surface area contributed by atoms with Crippen molar-refractivity contribution in [2.24, 2.45) is 0 Å². The maximum absolute atomic E-state index is 12.7. The maximum atomic E-state index is 12.7. The summed E-state index contributed by atoms with van der Waals surface area (Å²) < 4.78 is 16.9. The van der Waals surface area contributed by atoms with Crippen molar-refractivity contribution in [3.8, 4) is 17.2 Å². The van der Waals surface area contributed by atoms with Gasteiger partial charge in [-0.05, 0) is 29.7 Å². The molecule has 0 radical (unpaired) electrons. The van der Waals surface area contributed by atoms with Crippen molar-refractivity contribution in [1.82, 2.24) is 0 Å². The Hall–Kier alpha value is -3.01. The van der Waals surface area contributed by atoms with E-state index in [1.165, 1.54) is 6.26 Å². The van der Waals surface area contributed by atoms with Crippen LogP contribution in [0.4, 0.5) is 0 Å². The predicted molar refractivity (Wildman–Crippen MR) is 98.8 cm³/mol. The van der Waals surface area contributed by atoms with Gasteiger partial charge in [0.1, 0.15) is 30.0 Å². The van der Waals surface area contributed by atoms with E-state index in [0.717, 1.165) is 5.56 Å². The minimum Gasteiger partial charge on any atom is -0.489 e. The van der Waals surface area contributed by atoms with E-state index in [1.807, 2.05) is 24.3 Å². The fraction of sp³-hybridized carbons (Fsp3) is 0.190. The zero-order valence-corrected chi connectivity index (χ0v) is 14.3. The molecular weight excluding hydrogens is 316 g/mol. The third kappa shape index (κ3) is 3.58. The number of fused-ring (bicyclic) bond motifs is 1. The first-order valence-electron chi connectivity index (χ1n) is 8.16. The SMILES string of the molecule is C=CCOc1ccc2c(=O)c(Oc3ccccc3C(C)C)coc2c1.